The molecule has 1 amide bonds. The van der Waals surface area contributed by atoms with Crippen LogP contribution in [0.25, 0.3) is 0 Å². The molecule has 0 N–H and O–H groups in total. The van der Waals surface area contributed by atoms with E-state index in [4.69, 9.17) is 4.74 Å². The molecule has 0 aromatic heterocycles. The predicted octanol–water partition coefficient (Wildman–Crippen LogP) is 4.40. The first-order valence-corrected chi connectivity index (χ1v) is 8.10. The third-order valence-corrected chi connectivity index (χ3v) is 3.55. The smallest absolute Gasteiger partial charge is 0.494 e. The molecule has 7 heteroatoms. The standard InChI is InChI=1S/C19H20F3NO3/c1-23(14-15-9-11-17(12-10-15)26-19(20,21)22)18(24)8-5-13-25-16-6-3-2-4-7-16/h2-4,6-7,9-12H,5,8,13-14H2,1H3. The van der Waals surface area contributed by atoms with Crippen LogP contribution in [0.1, 0.15) is 18.4 Å². The number of rotatable bonds is 8. The van der Waals surface area contributed by atoms with Gasteiger partial charge in [0.2, 0.25) is 5.91 Å². The van der Waals surface area contributed by atoms with Crippen molar-refractivity contribution in [2.24, 2.45) is 0 Å². The zero-order valence-corrected chi connectivity index (χ0v) is 14.3. The van der Waals surface area contributed by atoms with Crippen molar-refractivity contribution in [3.05, 3.63) is 60.2 Å². The Morgan fingerprint density at radius 2 is 1.65 bits per heavy atom. The molecule has 140 valence electrons. The third-order valence-electron chi connectivity index (χ3n) is 3.55. The molecule has 0 heterocycles. The zero-order chi connectivity index (χ0) is 19.0. The fourth-order valence-corrected chi connectivity index (χ4v) is 2.28. The number of benzene rings is 2. The van der Waals surface area contributed by atoms with Crippen molar-refractivity contribution in [1.82, 2.24) is 4.90 Å². The van der Waals surface area contributed by atoms with E-state index in [1.165, 1.54) is 29.2 Å². The van der Waals surface area contributed by atoms with Gasteiger partial charge in [0.1, 0.15) is 11.5 Å². The zero-order valence-electron chi connectivity index (χ0n) is 14.3. The topological polar surface area (TPSA) is 38.8 Å². The van der Waals surface area contributed by atoms with Crippen LogP contribution in [0.3, 0.4) is 0 Å². The second-order valence-corrected chi connectivity index (χ2v) is 5.71. The normalized spacial score (nSPS) is 11.1. The first kappa shape index (κ1) is 19.6. The molecule has 0 spiro atoms. The van der Waals surface area contributed by atoms with Crippen molar-refractivity contribution in [3.8, 4) is 11.5 Å². The van der Waals surface area contributed by atoms with Gasteiger partial charge in [0.15, 0.2) is 0 Å². The van der Waals surface area contributed by atoms with Gasteiger partial charge in [0.05, 0.1) is 6.61 Å². The van der Waals surface area contributed by atoms with E-state index in [1.807, 2.05) is 30.3 Å². The van der Waals surface area contributed by atoms with Gasteiger partial charge in [-0.2, -0.15) is 0 Å². The SMILES string of the molecule is CN(Cc1ccc(OC(F)(F)F)cc1)C(=O)CCCOc1ccccc1. The highest BCUT2D eigenvalue weighted by molar-refractivity contribution is 5.75. The summed E-state index contributed by atoms with van der Waals surface area (Å²) in [6, 6.07) is 14.8. The van der Waals surface area contributed by atoms with Gasteiger partial charge in [-0.25, -0.2) is 0 Å². The maximum absolute atomic E-state index is 12.1. The van der Waals surface area contributed by atoms with Crippen LogP contribution in [0.2, 0.25) is 0 Å². The first-order valence-electron chi connectivity index (χ1n) is 8.10. The molecule has 0 radical (unpaired) electrons. The molecule has 26 heavy (non-hydrogen) atoms. The van der Waals surface area contributed by atoms with Crippen LogP contribution < -0.4 is 9.47 Å². The van der Waals surface area contributed by atoms with Crippen molar-refractivity contribution in [1.29, 1.82) is 0 Å². The van der Waals surface area contributed by atoms with E-state index in [2.05, 4.69) is 4.74 Å². The lowest BCUT2D eigenvalue weighted by molar-refractivity contribution is -0.274. The molecular formula is C19H20F3NO3. The average Bonchev–Trinajstić information content (AvgIpc) is 2.60. The van der Waals surface area contributed by atoms with Gasteiger partial charge in [-0.15, -0.1) is 13.2 Å². The second-order valence-electron chi connectivity index (χ2n) is 5.71. The van der Waals surface area contributed by atoms with E-state index in [0.29, 0.717) is 26.0 Å². The van der Waals surface area contributed by atoms with Crippen molar-refractivity contribution < 1.29 is 27.4 Å². The number of carbonyl (C=O) groups is 1. The monoisotopic (exact) mass is 367 g/mol. The number of halogens is 3. The van der Waals surface area contributed by atoms with Gasteiger partial charge in [-0.05, 0) is 36.2 Å². The molecule has 0 unspecified atom stereocenters. The van der Waals surface area contributed by atoms with Crippen LogP contribution in [0.4, 0.5) is 13.2 Å². The average molecular weight is 367 g/mol. The molecule has 0 saturated carbocycles. The quantitative estimate of drug-likeness (QED) is 0.649. The van der Waals surface area contributed by atoms with Crippen LogP contribution in [-0.4, -0.2) is 30.8 Å². The summed E-state index contributed by atoms with van der Waals surface area (Å²) < 4.78 is 45.7. The summed E-state index contributed by atoms with van der Waals surface area (Å²) in [6.07, 6.45) is -3.80. The minimum atomic E-state index is -4.71. The number of ether oxygens (including phenoxy) is 2. The van der Waals surface area contributed by atoms with Crippen LogP contribution in [0.15, 0.2) is 54.6 Å². The first-order chi connectivity index (χ1) is 12.3. The minimum absolute atomic E-state index is 0.0581. The highest BCUT2D eigenvalue weighted by Crippen LogP contribution is 2.23. The summed E-state index contributed by atoms with van der Waals surface area (Å²) in [5.41, 5.74) is 0.718. The largest absolute Gasteiger partial charge is 0.573 e. The van der Waals surface area contributed by atoms with E-state index in [1.54, 1.807) is 7.05 Å². The number of amides is 1. The van der Waals surface area contributed by atoms with Crippen molar-refractivity contribution >= 4 is 5.91 Å². The lowest BCUT2D eigenvalue weighted by atomic mass is 10.2. The Bertz CT molecular complexity index is 687. The Labute approximate surface area is 150 Å². The van der Waals surface area contributed by atoms with Gasteiger partial charge in [-0.1, -0.05) is 30.3 Å². The molecule has 2 aromatic carbocycles. The van der Waals surface area contributed by atoms with Gasteiger partial charge < -0.3 is 14.4 Å². The number of nitrogens with zero attached hydrogens (tertiary/aromatic N) is 1. The summed E-state index contributed by atoms with van der Waals surface area (Å²) >= 11 is 0. The fourth-order valence-electron chi connectivity index (χ4n) is 2.28. The van der Waals surface area contributed by atoms with Gasteiger partial charge in [-0.3, -0.25) is 4.79 Å². The number of para-hydroxylation sites is 1. The summed E-state index contributed by atoms with van der Waals surface area (Å²) in [5, 5.41) is 0. The van der Waals surface area contributed by atoms with Crippen LogP contribution in [0, 0.1) is 0 Å². The summed E-state index contributed by atoms with van der Waals surface area (Å²) in [6.45, 7) is 0.748. The molecular weight excluding hydrogens is 347 g/mol. The lowest BCUT2D eigenvalue weighted by Crippen LogP contribution is -2.26. The third kappa shape index (κ3) is 7.04. The Balaban J connectivity index is 1.72. The molecule has 0 aliphatic carbocycles. The fraction of sp³-hybridized carbons (Fsp3) is 0.316. The van der Waals surface area contributed by atoms with E-state index < -0.39 is 6.36 Å². The number of hydrogen-bond donors (Lipinski definition) is 0. The number of carbonyl (C=O) groups excluding carboxylic acids is 1. The minimum Gasteiger partial charge on any atom is -0.494 e. The molecule has 4 nitrogen and oxygen atoms in total. The molecule has 2 rings (SSSR count). The number of hydrogen-bond acceptors (Lipinski definition) is 3. The van der Waals surface area contributed by atoms with Crippen molar-refractivity contribution in [3.63, 3.8) is 0 Å². The van der Waals surface area contributed by atoms with Crippen molar-refractivity contribution in [2.45, 2.75) is 25.7 Å². The highest BCUT2D eigenvalue weighted by atomic mass is 19.4. The van der Waals surface area contributed by atoms with Crippen LogP contribution in [-0.2, 0) is 11.3 Å². The van der Waals surface area contributed by atoms with E-state index in [9.17, 15) is 18.0 Å². The molecule has 0 aliphatic heterocycles. The molecule has 2 aromatic rings. The van der Waals surface area contributed by atoms with Crippen LogP contribution in [0.5, 0.6) is 11.5 Å². The molecule has 0 aliphatic rings. The molecule has 0 bridgehead atoms. The lowest BCUT2D eigenvalue weighted by Gasteiger charge is -2.18. The Kier molecular flexibility index (Phi) is 6.89. The van der Waals surface area contributed by atoms with E-state index in [0.717, 1.165) is 11.3 Å². The van der Waals surface area contributed by atoms with Gasteiger partial charge >= 0.3 is 6.36 Å². The Hall–Kier alpha value is -2.70. The maximum atomic E-state index is 12.1. The second kappa shape index (κ2) is 9.12. The Morgan fingerprint density at radius 1 is 1.00 bits per heavy atom. The maximum Gasteiger partial charge on any atom is 0.573 e. The van der Waals surface area contributed by atoms with E-state index in [-0.39, 0.29) is 11.7 Å². The van der Waals surface area contributed by atoms with Gasteiger partial charge in [0.25, 0.3) is 0 Å². The highest BCUT2D eigenvalue weighted by Gasteiger charge is 2.30. The summed E-state index contributed by atoms with van der Waals surface area (Å²) in [4.78, 5) is 13.6. The Morgan fingerprint density at radius 3 is 2.27 bits per heavy atom. The van der Waals surface area contributed by atoms with E-state index >= 15 is 0 Å². The molecule has 0 saturated heterocycles. The van der Waals surface area contributed by atoms with Gasteiger partial charge in [0, 0.05) is 20.0 Å². The summed E-state index contributed by atoms with van der Waals surface area (Å²) in [7, 11) is 1.65. The molecule has 0 fully saturated rings. The van der Waals surface area contributed by atoms with Crippen molar-refractivity contribution in [2.75, 3.05) is 13.7 Å². The number of alkyl halides is 3. The summed E-state index contributed by atoms with van der Waals surface area (Å²) in [5.74, 6) is 0.417. The molecule has 0 atom stereocenters. The predicted molar refractivity (Wildman–Crippen MR) is 90.8 cm³/mol. The van der Waals surface area contributed by atoms with Crippen LogP contribution >= 0.6 is 0 Å².